The van der Waals surface area contributed by atoms with Crippen LogP contribution in [-0.4, -0.2) is 73.4 Å². The molecule has 556 valence electrons. The standard InChI is InChI=1S/C85H165N2O6P/c1-6-8-10-12-14-16-18-20-22-24-26-28-30-32-34-36-38-39-40-41-42-43-44-45-46-47-49-51-53-55-57-59-61-63-65-67-69-71-73-75-77-79-85(89)86-83(82-93-94(90,91)92-81-80-87(3,4)5)84(88)78-76-74-72-70-68-66-64-62-60-58-56-54-52-50-48-37-35-33-31-29-27-25-23-21-19-17-15-13-11-9-7-2/h18,20,24,26,68,70,76,78,83-84,88H,6-17,19,21-23,25,27-67,69,71-75,77,79-82H2,1-5H3,(H-,86,89,90,91)/p+1/b20-18-,26-24-,70-68+,78-76+. The summed E-state index contributed by atoms with van der Waals surface area (Å²) in [5.41, 5.74) is 0. The van der Waals surface area contributed by atoms with Crippen LogP contribution in [0.15, 0.2) is 48.6 Å². The lowest BCUT2D eigenvalue weighted by atomic mass is 10.0. The topological polar surface area (TPSA) is 105 Å². The van der Waals surface area contributed by atoms with Crippen molar-refractivity contribution in [2.75, 3.05) is 40.9 Å². The number of carbonyl (C=O) groups is 1. The SMILES string of the molecule is CCCCCCC/C=C\C/C=C\CCCCCCCCCCCCCCCCCCCCCCCCCCCCCCCC(=O)NC(COP(=O)(O)OCC[N+](C)(C)C)C(O)/C=C/CC/C=C/CCCCCCCCCCCCCCCCCCCCCCCCCCC. The van der Waals surface area contributed by atoms with Crippen LogP contribution in [0.25, 0.3) is 0 Å². The molecule has 0 bridgehead atoms. The van der Waals surface area contributed by atoms with Gasteiger partial charge in [0.15, 0.2) is 0 Å². The third-order valence-electron chi connectivity index (χ3n) is 19.5. The van der Waals surface area contributed by atoms with E-state index >= 15 is 0 Å². The number of phosphoric acid groups is 1. The van der Waals surface area contributed by atoms with E-state index in [2.05, 4.69) is 55.6 Å². The van der Waals surface area contributed by atoms with Crippen LogP contribution in [0.2, 0.25) is 0 Å². The van der Waals surface area contributed by atoms with Crippen molar-refractivity contribution in [3.63, 3.8) is 0 Å². The summed E-state index contributed by atoms with van der Waals surface area (Å²) in [6.45, 7) is 4.85. The molecule has 3 N–H and O–H groups in total. The molecule has 0 aliphatic rings. The molecule has 9 heteroatoms. The normalized spacial score (nSPS) is 13.6. The van der Waals surface area contributed by atoms with Gasteiger partial charge in [-0.2, -0.15) is 0 Å². The molecule has 0 aromatic heterocycles. The van der Waals surface area contributed by atoms with E-state index < -0.39 is 20.0 Å². The third-order valence-corrected chi connectivity index (χ3v) is 20.5. The Hall–Kier alpha value is -1.54. The molecule has 3 unspecified atom stereocenters. The molecule has 3 atom stereocenters. The van der Waals surface area contributed by atoms with Gasteiger partial charge in [-0.1, -0.05) is 416 Å². The first-order chi connectivity index (χ1) is 46.0. The number of phosphoric ester groups is 1. The Morgan fingerprint density at radius 2 is 0.617 bits per heavy atom. The molecular weight excluding hydrogens is 1180 g/mol. The smallest absolute Gasteiger partial charge is 0.387 e. The summed E-state index contributed by atoms with van der Waals surface area (Å²) in [6.07, 6.45) is 105. The van der Waals surface area contributed by atoms with Crippen LogP contribution in [-0.2, 0) is 18.4 Å². The maximum absolute atomic E-state index is 13.1. The molecule has 1 amide bonds. The zero-order valence-electron chi connectivity index (χ0n) is 64.0. The van der Waals surface area contributed by atoms with Crippen LogP contribution in [0.1, 0.15) is 438 Å². The summed E-state index contributed by atoms with van der Waals surface area (Å²) >= 11 is 0. The van der Waals surface area contributed by atoms with Crippen molar-refractivity contribution in [1.82, 2.24) is 5.32 Å². The monoisotopic (exact) mass is 1340 g/mol. The van der Waals surface area contributed by atoms with Crippen LogP contribution in [0.3, 0.4) is 0 Å². The predicted molar refractivity (Wildman–Crippen MR) is 415 cm³/mol. The van der Waals surface area contributed by atoms with Crippen molar-refractivity contribution in [2.24, 2.45) is 0 Å². The molecule has 0 fully saturated rings. The lowest BCUT2D eigenvalue weighted by Crippen LogP contribution is -2.45. The first kappa shape index (κ1) is 92.5. The van der Waals surface area contributed by atoms with Crippen molar-refractivity contribution in [2.45, 2.75) is 450 Å². The quantitative estimate of drug-likeness (QED) is 0.0243. The van der Waals surface area contributed by atoms with Crippen LogP contribution in [0.5, 0.6) is 0 Å². The summed E-state index contributed by atoms with van der Waals surface area (Å²) in [7, 11) is 1.58. The number of hydrogen-bond donors (Lipinski definition) is 3. The Morgan fingerprint density at radius 1 is 0.362 bits per heavy atom. The van der Waals surface area contributed by atoms with Gasteiger partial charge in [0.05, 0.1) is 39.9 Å². The van der Waals surface area contributed by atoms with Gasteiger partial charge in [0.2, 0.25) is 5.91 Å². The van der Waals surface area contributed by atoms with Crippen molar-refractivity contribution >= 4 is 13.7 Å². The Morgan fingerprint density at radius 3 is 0.915 bits per heavy atom. The number of aliphatic hydroxyl groups is 1. The maximum atomic E-state index is 13.1. The highest BCUT2D eigenvalue weighted by Gasteiger charge is 2.28. The van der Waals surface area contributed by atoms with Gasteiger partial charge < -0.3 is 19.8 Å². The number of aliphatic hydroxyl groups excluding tert-OH is 1. The summed E-state index contributed by atoms with van der Waals surface area (Å²) in [5.74, 6) is -0.177. The van der Waals surface area contributed by atoms with E-state index in [0.717, 1.165) is 44.9 Å². The van der Waals surface area contributed by atoms with Gasteiger partial charge in [-0.25, -0.2) is 4.57 Å². The van der Waals surface area contributed by atoms with Crippen LogP contribution < -0.4 is 5.32 Å². The third kappa shape index (κ3) is 77.8. The summed E-state index contributed by atoms with van der Waals surface area (Å²) < 4.78 is 23.9. The van der Waals surface area contributed by atoms with E-state index in [-0.39, 0.29) is 19.1 Å². The number of nitrogens with one attached hydrogen (secondary N) is 1. The summed E-state index contributed by atoms with van der Waals surface area (Å²) in [4.78, 5) is 23.5. The zero-order valence-corrected chi connectivity index (χ0v) is 64.9. The lowest BCUT2D eigenvalue weighted by molar-refractivity contribution is -0.870. The van der Waals surface area contributed by atoms with Gasteiger partial charge >= 0.3 is 7.82 Å². The molecule has 0 aromatic rings. The van der Waals surface area contributed by atoms with Gasteiger partial charge in [0.25, 0.3) is 0 Å². The molecule has 0 heterocycles. The van der Waals surface area contributed by atoms with Gasteiger partial charge in [0.1, 0.15) is 13.2 Å². The Labute approximate surface area is 588 Å². The minimum atomic E-state index is -4.37. The lowest BCUT2D eigenvalue weighted by Gasteiger charge is -2.25. The van der Waals surface area contributed by atoms with Gasteiger partial charge in [-0.05, 0) is 64.2 Å². The van der Waals surface area contributed by atoms with E-state index in [1.807, 2.05) is 27.2 Å². The average molecular weight is 1340 g/mol. The van der Waals surface area contributed by atoms with E-state index in [9.17, 15) is 19.4 Å². The highest BCUT2D eigenvalue weighted by atomic mass is 31.2. The molecule has 0 radical (unpaired) electrons. The van der Waals surface area contributed by atoms with Crippen LogP contribution in [0, 0.1) is 0 Å². The second-order valence-electron chi connectivity index (χ2n) is 30.2. The van der Waals surface area contributed by atoms with E-state index in [1.54, 1.807) is 6.08 Å². The number of allylic oxidation sites excluding steroid dienone is 7. The molecule has 0 saturated heterocycles. The van der Waals surface area contributed by atoms with E-state index in [4.69, 9.17) is 9.05 Å². The molecule has 0 saturated carbocycles. The van der Waals surface area contributed by atoms with Crippen molar-refractivity contribution in [1.29, 1.82) is 0 Å². The number of likely N-dealkylation sites (N-methyl/N-ethyl adjacent to an activating group) is 1. The van der Waals surface area contributed by atoms with E-state index in [1.165, 1.54) is 372 Å². The summed E-state index contributed by atoms with van der Waals surface area (Å²) in [5, 5.41) is 14.0. The number of amides is 1. The molecule has 0 aromatic carbocycles. The largest absolute Gasteiger partial charge is 0.472 e. The van der Waals surface area contributed by atoms with Gasteiger partial charge in [0, 0.05) is 6.42 Å². The number of hydrogen-bond acceptors (Lipinski definition) is 5. The molecule has 0 aliphatic carbocycles. The first-order valence-corrected chi connectivity index (χ1v) is 43.5. The molecule has 94 heavy (non-hydrogen) atoms. The van der Waals surface area contributed by atoms with Crippen molar-refractivity contribution < 1.29 is 32.9 Å². The zero-order chi connectivity index (χ0) is 68.3. The highest BCUT2D eigenvalue weighted by molar-refractivity contribution is 7.47. The fourth-order valence-electron chi connectivity index (χ4n) is 13.0. The van der Waals surface area contributed by atoms with Gasteiger partial charge in [-0.15, -0.1) is 0 Å². The molecule has 0 aliphatic heterocycles. The number of carbonyl (C=O) groups excluding carboxylic acids is 1. The number of unbranched alkanes of at least 4 members (excludes halogenated alkanes) is 60. The Kier molecular flexibility index (Phi) is 74.4. The van der Waals surface area contributed by atoms with Crippen molar-refractivity contribution in [3.05, 3.63) is 48.6 Å². The Bertz CT molecular complexity index is 1680. The van der Waals surface area contributed by atoms with Gasteiger partial charge in [-0.3, -0.25) is 13.8 Å². The second-order valence-corrected chi connectivity index (χ2v) is 31.7. The van der Waals surface area contributed by atoms with Crippen molar-refractivity contribution in [3.8, 4) is 0 Å². The second kappa shape index (κ2) is 75.7. The molecule has 8 nitrogen and oxygen atoms in total. The first-order valence-electron chi connectivity index (χ1n) is 42.0. The highest BCUT2D eigenvalue weighted by Crippen LogP contribution is 2.43. The maximum Gasteiger partial charge on any atom is 0.472 e. The number of nitrogens with zero attached hydrogens (tertiary/aromatic N) is 1. The fraction of sp³-hybridized carbons (Fsp3) is 0.894. The molecule has 0 rings (SSSR count). The van der Waals surface area contributed by atoms with E-state index in [0.29, 0.717) is 17.4 Å². The average Bonchev–Trinajstić information content (AvgIpc) is 1.77. The number of quaternary nitrogens is 1. The number of rotatable bonds is 79. The predicted octanol–water partition coefficient (Wildman–Crippen LogP) is 27.7. The minimum absolute atomic E-state index is 0.0582. The minimum Gasteiger partial charge on any atom is -0.387 e. The summed E-state index contributed by atoms with van der Waals surface area (Å²) in [6, 6.07) is -0.865. The van der Waals surface area contributed by atoms with Crippen LogP contribution >= 0.6 is 7.82 Å². The molecular formula is C85H166N2O6P+. The fourth-order valence-corrected chi connectivity index (χ4v) is 13.8. The molecule has 0 spiro atoms. The Balaban J connectivity index is 3.92. The van der Waals surface area contributed by atoms with Crippen LogP contribution in [0.4, 0.5) is 0 Å².